The maximum atomic E-state index is 12.2. The Kier molecular flexibility index (Phi) is 3.14. The van der Waals surface area contributed by atoms with Gasteiger partial charge in [0.05, 0.1) is 5.69 Å². The molecular weight excluding hydrogens is 232 g/mol. The lowest BCUT2D eigenvalue weighted by Crippen LogP contribution is -2.22. The second-order valence-corrected chi connectivity index (χ2v) is 3.80. The van der Waals surface area contributed by atoms with Gasteiger partial charge in [-0.2, -0.15) is 0 Å². The normalized spacial score (nSPS) is 10.1. The van der Waals surface area contributed by atoms with Crippen LogP contribution in [0.2, 0.25) is 0 Å². The zero-order valence-corrected chi connectivity index (χ0v) is 9.75. The average molecular weight is 244 g/mol. The number of aryl methyl sites for hydroxylation is 1. The molecule has 2 rings (SSSR count). The van der Waals surface area contributed by atoms with Gasteiger partial charge in [0.2, 0.25) is 6.41 Å². The van der Waals surface area contributed by atoms with Crippen molar-refractivity contribution < 1.29 is 9.90 Å². The van der Waals surface area contributed by atoms with Crippen molar-refractivity contribution >= 4 is 12.1 Å². The van der Waals surface area contributed by atoms with Crippen LogP contribution >= 0.6 is 0 Å². The van der Waals surface area contributed by atoms with E-state index < -0.39 is 5.56 Å². The zero-order valence-electron chi connectivity index (χ0n) is 9.75. The molecule has 5 nitrogen and oxygen atoms in total. The molecule has 0 atom stereocenters. The summed E-state index contributed by atoms with van der Waals surface area (Å²) in [6, 6.07) is 10.1. The molecule has 0 radical (unpaired) electrons. The summed E-state index contributed by atoms with van der Waals surface area (Å²) >= 11 is 0. The lowest BCUT2D eigenvalue weighted by molar-refractivity contribution is -0.105. The third-order valence-electron chi connectivity index (χ3n) is 2.60. The van der Waals surface area contributed by atoms with E-state index in [-0.39, 0.29) is 11.6 Å². The molecule has 0 unspecified atom stereocenters. The molecule has 1 aromatic carbocycles. The fourth-order valence-electron chi connectivity index (χ4n) is 1.78. The topological polar surface area (TPSA) is 71.3 Å². The number of amides is 1. The highest BCUT2D eigenvalue weighted by atomic mass is 16.3. The summed E-state index contributed by atoms with van der Waals surface area (Å²) in [5.41, 5.74) is 0.739. The molecule has 0 bridgehead atoms. The van der Waals surface area contributed by atoms with Crippen LogP contribution in [0.1, 0.15) is 5.56 Å². The molecule has 0 saturated heterocycles. The summed E-state index contributed by atoms with van der Waals surface area (Å²) in [7, 11) is 0. The van der Waals surface area contributed by atoms with Crippen LogP contribution in [0.25, 0.3) is 5.69 Å². The fourth-order valence-corrected chi connectivity index (χ4v) is 1.78. The lowest BCUT2D eigenvalue weighted by atomic mass is 10.2. The molecule has 1 heterocycles. The van der Waals surface area contributed by atoms with Gasteiger partial charge >= 0.3 is 0 Å². The van der Waals surface area contributed by atoms with Crippen LogP contribution in [0.15, 0.2) is 41.2 Å². The van der Waals surface area contributed by atoms with E-state index in [1.165, 1.54) is 6.07 Å². The molecule has 0 aliphatic rings. The number of carbonyl (C=O) groups excluding carboxylic acids is 1. The van der Waals surface area contributed by atoms with Gasteiger partial charge in [0.15, 0.2) is 5.88 Å². The number of rotatable bonds is 3. The quantitative estimate of drug-likeness (QED) is 0.802. The number of aromatic nitrogens is 1. The number of para-hydroxylation sites is 1. The smallest absolute Gasteiger partial charge is 0.281 e. The average Bonchev–Trinajstić information content (AvgIpc) is 2.35. The van der Waals surface area contributed by atoms with Crippen molar-refractivity contribution in [3.63, 3.8) is 0 Å². The molecule has 1 aromatic heterocycles. The van der Waals surface area contributed by atoms with Gasteiger partial charge in [-0.25, -0.2) is 4.57 Å². The van der Waals surface area contributed by atoms with Crippen molar-refractivity contribution in [3.05, 3.63) is 52.3 Å². The Labute approximate surface area is 103 Å². The summed E-state index contributed by atoms with van der Waals surface area (Å²) in [6.07, 6.45) is 0.441. The first kappa shape index (κ1) is 11.9. The van der Waals surface area contributed by atoms with Crippen molar-refractivity contribution in [1.82, 2.24) is 4.57 Å². The molecule has 2 N–H and O–H groups in total. The predicted octanol–water partition coefficient (Wildman–Crippen LogP) is 1.42. The molecule has 0 saturated carbocycles. The van der Waals surface area contributed by atoms with Gasteiger partial charge in [0.1, 0.15) is 5.69 Å². The standard InChI is InChI=1S/C13H12N2O3/c1-9-7-11(17)15(10-5-3-2-4-6-10)13(18)12(9)14-8-16/h2-8,17H,1H3,(H,14,16). The Morgan fingerprint density at radius 2 is 1.94 bits per heavy atom. The van der Waals surface area contributed by atoms with E-state index in [9.17, 15) is 14.7 Å². The van der Waals surface area contributed by atoms with Crippen molar-refractivity contribution in [2.24, 2.45) is 0 Å². The molecule has 0 aliphatic carbocycles. The van der Waals surface area contributed by atoms with E-state index in [1.807, 2.05) is 6.07 Å². The van der Waals surface area contributed by atoms with E-state index in [2.05, 4.69) is 5.32 Å². The minimum atomic E-state index is -0.467. The Morgan fingerprint density at radius 1 is 1.28 bits per heavy atom. The largest absolute Gasteiger partial charge is 0.494 e. The van der Waals surface area contributed by atoms with Crippen molar-refractivity contribution in [2.45, 2.75) is 6.92 Å². The van der Waals surface area contributed by atoms with Gasteiger partial charge in [0.25, 0.3) is 5.56 Å². The molecular formula is C13H12N2O3. The van der Waals surface area contributed by atoms with Crippen molar-refractivity contribution in [1.29, 1.82) is 0 Å². The first-order valence-electron chi connectivity index (χ1n) is 5.36. The number of pyridine rings is 1. The molecule has 0 spiro atoms. The molecule has 0 aliphatic heterocycles. The highest BCUT2D eigenvalue weighted by molar-refractivity contribution is 5.73. The Morgan fingerprint density at radius 3 is 2.56 bits per heavy atom. The predicted molar refractivity (Wildman–Crippen MR) is 68.1 cm³/mol. The van der Waals surface area contributed by atoms with Gasteiger partial charge in [-0.05, 0) is 24.6 Å². The molecule has 1 amide bonds. The number of hydrogen-bond donors (Lipinski definition) is 2. The number of anilines is 1. The molecule has 0 fully saturated rings. The van der Waals surface area contributed by atoms with Crippen LogP contribution in [0.3, 0.4) is 0 Å². The highest BCUT2D eigenvalue weighted by Crippen LogP contribution is 2.19. The summed E-state index contributed by atoms with van der Waals surface area (Å²) in [6.45, 7) is 1.64. The third-order valence-corrected chi connectivity index (χ3v) is 2.60. The van der Waals surface area contributed by atoms with Crippen LogP contribution in [-0.2, 0) is 4.79 Å². The number of carbonyl (C=O) groups is 1. The summed E-state index contributed by atoms with van der Waals surface area (Å²) in [5, 5.41) is 12.2. The fraction of sp³-hybridized carbons (Fsp3) is 0.0769. The highest BCUT2D eigenvalue weighted by Gasteiger charge is 2.12. The lowest BCUT2D eigenvalue weighted by Gasteiger charge is -2.12. The first-order chi connectivity index (χ1) is 8.65. The molecule has 5 heteroatoms. The third kappa shape index (κ3) is 1.98. The zero-order chi connectivity index (χ0) is 13.1. The molecule has 92 valence electrons. The summed E-state index contributed by atoms with van der Waals surface area (Å²) in [5.74, 6) is -0.167. The first-order valence-corrected chi connectivity index (χ1v) is 5.36. The van der Waals surface area contributed by atoms with E-state index in [0.29, 0.717) is 17.7 Å². The van der Waals surface area contributed by atoms with Crippen LogP contribution < -0.4 is 10.9 Å². The monoisotopic (exact) mass is 244 g/mol. The van der Waals surface area contributed by atoms with Crippen LogP contribution in [0, 0.1) is 6.92 Å². The number of nitrogens with zero attached hydrogens (tertiary/aromatic N) is 1. The SMILES string of the molecule is Cc1cc(O)n(-c2ccccc2)c(=O)c1NC=O. The van der Waals surface area contributed by atoms with Crippen molar-refractivity contribution in [3.8, 4) is 11.6 Å². The van der Waals surface area contributed by atoms with Gasteiger partial charge in [-0.3, -0.25) is 9.59 Å². The molecule has 2 aromatic rings. The Balaban J connectivity index is 2.72. The Bertz CT molecular complexity index is 633. The van der Waals surface area contributed by atoms with Gasteiger partial charge in [-0.15, -0.1) is 0 Å². The van der Waals surface area contributed by atoms with E-state index in [4.69, 9.17) is 0 Å². The van der Waals surface area contributed by atoms with Gasteiger partial charge in [0, 0.05) is 6.07 Å². The minimum absolute atomic E-state index is 0.159. The molecule has 18 heavy (non-hydrogen) atoms. The van der Waals surface area contributed by atoms with E-state index in [0.717, 1.165) is 4.57 Å². The number of nitrogens with one attached hydrogen (secondary N) is 1. The second kappa shape index (κ2) is 4.75. The summed E-state index contributed by atoms with van der Waals surface area (Å²) in [4.78, 5) is 22.7. The Hall–Kier alpha value is -2.56. The van der Waals surface area contributed by atoms with Crippen LogP contribution in [0.4, 0.5) is 5.69 Å². The van der Waals surface area contributed by atoms with Crippen molar-refractivity contribution in [2.75, 3.05) is 5.32 Å². The number of benzene rings is 1. The van der Waals surface area contributed by atoms with E-state index >= 15 is 0 Å². The maximum absolute atomic E-state index is 12.2. The van der Waals surface area contributed by atoms with Gasteiger partial charge < -0.3 is 10.4 Å². The van der Waals surface area contributed by atoms with Crippen LogP contribution in [0.5, 0.6) is 5.88 Å². The van der Waals surface area contributed by atoms with E-state index in [1.54, 1.807) is 31.2 Å². The number of hydrogen-bond acceptors (Lipinski definition) is 3. The minimum Gasteiger partial charge on any atom is -0.494 e. The second-order valence-electron chi connectivity index (χ2n) is 3.80. The number of aromatic hydroxyl groups is 1. The maximum Gasteiger partial charge on any atom is 0.281 e. The van der Waals surface area contributed by atoms with Crippen LogP contribution in [-0.4, -0.2) is 16.1 Å². The summed E-state index contributed by atoms with van der Waals surface area (Å²) < 4.78 is 1.14. The van der Waals surface area contributed by atoms with Gasteiger partial charge in [-0.1, -0.05) is 18.2 Å².